The van der Waals surface area contributed by atoms with Gasteiger partial charge >= 0.3 is 0 Å². The molecule has 0 saturated carbocycles. The Morgan fingerprint density at radius 2 is 2.00 bits per heavy atom. The first kappa shape index (κ1) is 9.65. The second-order valence-electron chi connectivity index (χ2n) is 3.44. The van der Waals surface area contributed by atoms with Crippen molar-refractivity contribution in [1.82, 2.24) is 25.6 Å². The van der Waals surface area contributed by atoms with Gasteiger partial charge in [0.25, 0.3) is 0 Å². The summed E-state index contributed by atoms with van der Waals surface area (Å²) in [5.74, 6) is 0.612. The van der Waals surface area contributed by atoms with Crippen LogP contribution in [0.1, 0.15) is 0 Å². The number of nitrogens with zero attached hydrogens (tertiary/aromatic N) is 4. The molecule has 3 aromatic rings. The second-order valence-corrected chi connectivity index (χ2v) is 3.44. The van der Waals surface area contributed by atoms with Gasteiger partial charge < -0.3 is 0 Å². The smallest absolute Gasteiger partial charge is 0.181 e. The van der Waals surface area contributed by atoms with Crippen molar-refractivity contribution in [2.24, 2.45) is 0 Å². The third kappa shape index (κ3) is 1.78. The molecule has 0 aliphatic heterocycles. The van der Waals surface area contributed by atoms with Crippen LogP contribution in [0.4, 0.5) is 0 Å². The Morgan fingerprint density at radius 1 is 1.12 bits per heavy atom. The Bertz CT molecular complexity index is 604. The number of aromatic nitrogens is 5. The molecule has 1 aromatic carbocycles. The second kappa shape index (κ2) is 4.13. The molecule has 17 heavy (non-hydrogen) atoms. The number of rotatable bonds is 2. The molecule has 81 valence electrons. The van der Waals surface area contributed by atoms with Crippen LogP contribution in [-0.2, 0) is 0 Å². The van der Waals surface area contributed by atoms with Gasteiger partial charge in [-0.25, -0.2) is 5.10 Å². The molecule has 1 radical (unpaired) electrons. The van der Waals surface area contributed by atoms with Crippen LogP contribution in [0.15, 0.2) is 42.6 Å². The monoisotopic (exact) mass is 222 g/mol. The van der Waals surface area contributed by atoms with Crippen LogP contribution in [0.3, 0.4) is 0 Å². The SMILES string of the molecule is [c]1ccc(-c2ncccc2-c2nnn[nH]2)cc1. The van der Waals surface area contributed by atoms with Gasteiger partial charge in [0, 0.05) is 17.3 Å². The molecule has 0 aliphatic rings. The molecule has 1 N–H and O–H groups in total. The Labute approximate surface area is 97.5 Å². The van der Waals surface area contributed by atoms with Crippen molar-refractivity contribution in [3.8, 4) is 22.6 Å². The first-order valence-corrected chi connectivity index (χ1v) is 5.11. The standard InChI is InChI=1S/C12H8N5/c1-2-5-9(6-3-1)11-10(7-4-8-13-11)12-14-16-17-15-12/h2-8H,(H,14,15,16,17). The molecule has 0 aliphatic carbocycles. The molecular formula is C12H8N5. The topological polar surface area (TPSA) is 67.3 Å². The fourth-order valence-corrected chi connectivity index (χ4v) is 1.64. The lowest BCUT2D eigenvalue weighted by molar-refractivity contribution is 0.881. The van der Waals surface area contributed by atoms with Crippen molar-refractivity contribution in [3.63, 3.8) is 0 Å². The molecule has 0 unspecified atom stereocenters. The number of benzene rings is 1. The van der Waals surface area contributed by atoms with E-state index in [1.807, 2.05) is 36.4 Å². The minimum Gasteiger partial charge on any atom is -0.255 e. The maximum Gasteiger partial charge on any atom is 0.181 e. The van der Waals surface area contributed by atoms with Crippen molar-refractivity contribution >= 4 is 0 Å². The number of hydrogen-bond donors (Lipinski definition) is 1. The number of aromatic amines is 1. The Kier molecular flexibility index (Phi) is 2.34. The van der Waals surface area contributed by atoms with E-state index in [9.17, 15) is 0 Å². The average molecular weight is 222 g/mol. The van der Waals surface area contributed by atoms with E-state index < -0.39 is 0 Å². The largest absolute Gasteiger partial charge is 0.255 e. The zero-order valence-electron chi connectivity index (χ0n) is 8.83. The summed E-state index contributed by atoms with van der Waals surface area (Å²) >= 11 is 0. The summed E-state index contributed by atoms with van der Waals surface area (Å²) in [5, 5.41) is 13.8. The molecule has 5 nitrogen and oxygen atoms in total. The minimum atomic E-state index is 0.612. The normalized spacial score (nSPS) is 10.4. The zero-order valence-corrected chi connectivity index (χ0v) is 8.83. The summed E-state index contributed by atoms with van der Waals surface area (Å²) in [7, 11) is 0. The van der Waals surface area contributed by atoms with Crippen molar-refractivity contribution in [1.29, 1.82) is 0 Å². The molecule has 0 atom stereocenters. The molecule has 0 spiro atoms. The number of tetrazole rings is 1. The number of pyridine rings is 1. The maximum absolute atomic E-state index is 4.38. The van der Waals surface area contributed by atoms with Crippen molar-refractivity contribution < 1.29 is 0 Å². The van der Waals surface area contributed by atoms with Gasteiger partial charge in [0.05, 0.1) is 5.69 Å². The molecule has 0 bridgehead atoms. The van der Waals surface area contributed by atoms with Crippen LogP contribution in [0.5, 0.6) is 0 Å². The zero-order chi connectivity index (χ0) is 11.5. The lowest BCUT2D eigenvalue weighted by atomic mass is 10.1. The minimum absolute atomic E-state index is 0.612. The van der Waals surface area contributed by atoms with Gasteiger partial charge in [-0.05, 0) is 28.6 Å². The summed E-state index contributed by atoms with van der Waals surface area (Å²) in [6.45, 7) is 0. The average Bonchev–Trinajstić information content (AvgIpc) is 2.94. The molecule has 0 fully saturated rings. The van der Waals surface area contributed by atoms with Gasteiger partial charge in [0.2, 0.25) is 0 Å². The van der Waals surface area contributed by atoms with E-state index in [1.165, 1.54) is 0 Å². The molecular weight excluding hydrogens is 214 g/mol. The van der Waals surface area contributed by atoms with Crippen LogP contribution < -0.4 is 0 Å². The van der Waals surface area contributed by atoms with E-state index in [1.54, 1.807) is 6.20 Å². The van der Waals surface area contributed by atoms with E-state index >= 15 is 0 Å². The highest BCUT2D eigenvalue weighted by atomic mass is 15.5. The van der Waals surface area contributed by atoms with Crippen molar-refractivity contribution in [2.75, 3.05) is 0 Å². The lowest BCUT2D eigenvalue weighted by Crippen LogP contribution is -1.90. The Hall–Kier alpha value is -2.56. The van der Waals surface area contributed by atoms with Crippen LogP contribution in [0, 0.1) is 6.07 Å². The van der Waals surface area contributed by atoms with Gasteiger partial charge in [-0.2, -0.15) is 0 Å². The predicted molar refractivity (Wildman–Crippen MR) is 61.7 cm³/mol. The van der Waals surface area contributed by atoms with E-state index in [0.717, 1.165) is 16.8 Å². The van der Waals surface area contributed by atoms with Gasteiger partial charge in [-0.3, -0.25) is 4.98 Å². The third-order valence-corrected chi connectivity index (χ3v) is 2.40. The molecule has 2 heterocycles. The van der Waals surface area contributed by atoms with Crippen molar-refractivity contribution in [3.05, 3.63) is 48.7 Å². The van der Waals surface area contributed by atoms with E-state index in [0.29, 0.717) is 5.82 Å². The molecule has 5 heteroatoms. The number of hydrogen-bond acceptors (Lipinski definition) is 4. The van der Waals surface area contributed by atoms with Crippen LogP contribution >= 0.6 is 0 Å². The summed E-state index contributed by atoms with van der Waals surface area (Å²) in [4.78, 5) is 4.38. The number of nitrogens with one attached hydrogen (secondary N) is 1. The molecule has 0 saturated heterocycles. The summed E-state index contributed by atoms with van der Waals surface area (Å²) in [5.41, 5.74) is 2.74. The van der Waals surface area contributed by atoms with Crippen LogP contribution in [0.25, 0.3) is 22.6 Å². The summed E-state index contributed by atoms with van der Waals surface area (Å²) in [6.07, 6.45) is 1.75. The molecule has 0 amide bonds. The summed E-state index contributed by atoms with van der Waals surface area (Å²) < 4.78 is 0. The first-order valence-electron chi connectivity index (χ1n) is 5.11. The van der Waals surface area contributed by atoms with Gasteiger partial charge in [-0.1, -0.05) is 24.3 Å². The van der Waals surface area contributed by atoms with Gasteiger partial charge in [0.1, 0.15) is 0 Å². The van der Waals surface area contributed by atoms with Gasteiger partial charge in [0.15, 0.2) is 5.82 Å². The summed E-state index contributed by atoms with van der Waals surface area (Å²) in [6, 6.07) is 14.4. The molecule has 2 aromatic heterocycles. The highest BCUT2D eigenvalue weighted by Gasteiger charge is 2.10. The third-order valence-electron chi connectivity index (χ3n) is 2.40. The van der Waals surface area contributed by atoms with Crippen molar-refractivity contribution in [2.45, 2.75) is 0 Å². The highest BCUT2D eigenvalue weighted by molar-refractivity contribution is 5.76. The van der Waals surface area contributed by atoms with E-state index in [4.69, 9.17) is 0 Å². The van der Waals surface area contributed by atoms with Crippen LogP contribution in [-0.4, -0.2) is 25.6 Å². The predicted octanol–water partition coefficient (Wildman–Crippen LogP) is 1.73. The highest BCUT2D eigenvalue weighted by Crippen LogP contribution is 2.26. The van der Waals surface area contributed by atoms with Gasteiger partial charge in [-0.15, -0.1) is 5.10 Å². The van der Waals surface area contributed by atoms with Crippen LogP contribution in [0.2, 0.25) is 0 Å². The first-order chi connectivity index (χ1) is 8.45. The fourth-order valence-electron chi connectivity index (χ4n) is 1.64. The Morgan fingerprint density at radius 3 is 2.76 bits per heavy atom. The van der Waals surface area contributed by atoms with E-state index in [-0.39, 0.29) is 0 Å². The Balaban J connectivity index is 2.18. The fraction of sp³-hybridized carbons (Fsp3) is 0. The quantitative estimate of drug-likeness (QED) is 0.717. The number of H-pyrrole nitrogens is 1. The van der Waals surface area contributed by atoms with E-state index in [2.05, 4.69) is 31.7 Å². The molecule has 3 rings (SSSR count). The maximum atomic E-state index is 4.38. The lowest BCUT2D eigenvalue weighted by Gasteiger charge is -2.04.